The van der Waals surface area contributed by atoms with Gasteiger partial charge in [0.15, 0.2) is 0 Å². The highest BCUT2D eigenvalue weighted by atomic mass is 32.2. The Morgan fingerprint density at radius 2 is 2.00 bits per heavy atom. The molecule has 3 aliphatic heterocycles. The van der Waals surface area contributed by atoms with Crippen LogP contribution in [0.5, 0.6) is 5.75 Å². The van der Waals surface area contributed by atoms with Crippen LogP contribution in [-0.4, -0.2) is 76.3 Å². The Kier molecular flexibility index (Phi) is 5.09. The van der Waals surface area contributed by atoms with Crippen molar-refractivity contribution < 1.29 is 19.1 Å². The molecule has 3 amide bonds. The molecule has 0 unspecified atom stereocenters. The molecular weight excluding hydrogens is 378 g/mol. The second-order valence-corrected chi connectivity index (χ2v) is 8.91. The van der Waals surface area contributed by atoms with Crippen molar-refractivity contribution in [2.24, 2.45) is 0 Å². The van der Waals surface area contributed by atoms with Crippen LogP contribution in [0.25, 0.3) is 0 Å². The molecule has 1 aromatic carbocycles. The van der Waals surface area contributed by atoms with Gasteiger partial charge in [-0.3, -0.25) is 19.3 Å². The Labute approximate surface area is 169 Å². The SMILES string of the molecule is Cc1ccc2c(c1)CN(C(=O)CN1C(=O)CSC1=O)CC1(CCN(C)CC1)O2. The predicted molar refractivity (Wildman–Crippen MR) is 106 cm³/mol. The fraction of sp³-hybridized carbons (Fsp3) is 0.550. The molecule has 4 rings (SSSR count). The third kappa shape index (κ3) is 3.75. The lowest BCUT2D eigenvalue weighted by atomic mass is 9.90. The Bertz CT molecular complexity index is 804. The standard InChI is InChI=1S/C20H25N3O4S/c1-14-3-4-16-15(9-14)10-22(13-20(27-16)5-7-21(2)8-6-20)17(24)11-23-18(25)12-28-19(23)26/h3-4,9H,5-8,10-13H2,1-2H3. The van der Waals surface area contributed by atoms with Crippen LogP contribution >= 0.6 is 11.8 Å². The summed E-state index contributed by atoms with van der Waals surface area (Å²) in [6, 6.07) is 6.06. The Morgan fingerprint density at radius 3 is 2.68 bits per heavy atom. The van der Waals surface area contributed by atoms with Crippen LogP contribution in [0.1, 0.15) is 24.0 Å². The normalized spacial score (nSPS) is 22.2. The molecule has 7 nitrogen and oxygen atoms in total. The number of benzene rings is 1. The van der Waals surface area contributed by atoms with Crippen LogP contribution < -0.4 is 4.74 Å². The fourth-order valence-corrected chi connectivity index (χ4v) is 4.76. The third-order valence-corrected chi connectivity index (χ3v) is 6.63. The molecule has 2 fully saturated rings. The Hall–Kier alpha value is -2.06. The van der Waals surface area contributed by atoms with E-state index in [0.717, 1.165) is 59.5 Å². The van der Waals surface area contributed by atoms with Gasteiger partial charge in [-0.1, -0.05) is 29.5 Å². The number of ether oxygens (including phenoxy) is 1. The van der Waals surface area contributed by atoms with Gasteiger partial charge in [-0.2, -0.15) is 0 Å². The molecule has 0 bridgehead atoms. The largest absolute Gasteiger partial charge is 0.485 e. The maximum Gasteiger partial charge on any atom is 0.289 e. The van der Waals surface area contributed by atoms with Crippen LogP contribution in [-0.2, 0) is 16.1 Å². The lowest BCUT2D eigenvalue weighted by molar-refractivity contribution is -0.139. The van der Waals surface area contributed by atoms with Crippen molar-refractivity contribution in [2.75, 3.05) is 39.0 Å². The first-order valence-electron chi connectivity index (χ1n) is 9.57. The van der Waals surface area contributed by atoms with Crippen molar-refractivity contribution in [3.05, 3.63) is 29.3 Å². The van der Waals surface area contributed by atoms with Gasteiger partial charge in [-0.25, -0.2) is 0 Å². The van der Waals surface area contributed by atoms with Gasteiger partial charge < -0.3 is 14.5 Å². The van der Waals surface area contributed by atoms with Crippen LogP contribution in [0.2, 0.25) is 0 Å². The number of aryl methyl sites for hydroxylation is 1. The van der Waals surface area contributed by atoms with Gasteiger partial charge in [-0.15, -0.1) is 0 Å². The maximum absolute atomic E-state index is 13.1. The van der Waals surface area contributed by atoms with Crippen LogP contribution in [0.4, 0.5) is 4.79 Å². The summed E-state index contributed by atoms with van der Waals surface area (Å²) in [7, 11) is 2.09. The highest BCUT2D eigenvalue weighted by Crippen LogP contribution is 2.36. The number of piperidine rings is 1. The monoisotopic (exact) mass is 403 g/mol. The number of carbonyl (C=O) groups is 3. The summed E-state index contributed by atoms with van der Waals surface area (Å²) in [6.07, 6.45) is 1.66. The summed E-state index contributed by atoms with van der Waals surface area (Å²) in [5.74, 6) is 0.447. The molecule has 150 valence electrons. The minimum Gasteiger partial charge on any atom is -0.485 e. The third-order valence-electron chi connectivity index (χ3n) is 5.77. The summed E-state index contributed by atoms with van der Waals surface area (Å²) >= 11 is 0.955. The summed E-state index contributed by atoms with van der Waals surface area (Å²) in [5, 5.41) is -0.338. The lowest BCUT2D eigenvalue weighted by Gasteiger charge is -2.41. The van der Waals surface area contributed by atoms with E-state index in [-0.39, 0.29) is 29.4 Å². The van der Waals surface area contributed by atoms with E-state index in [0.29, 0.717) is 13.1 Å². The number of amides is 3. The van der Waals surface area contributed by atoms with Gasteiger partial charge in [0.1, 0.15) is 17.9 Å². The first-order valence-corrected chi connectivity index (χ1v) is 10.6. The van der Waals surface area contributed by atoms with Gasteiger partial charge >= 0.3 is 0 Å². The quantitative estimate of drug-likeness (QED) is 0.751. The van der Waals surface area contributed by atoms with E-state index in [2.05, 4.69) is 11.9 Å². The van der Waals surface area contributed by atoms with E-state index >= 15 is 0 Å². The van der Waals surface area contributed by atoms with Gasteiger partial charge in [0.2, 0.25) is 11.8 Å². The fourth-order valence-electron chi connectivity index (χ4n) is 4.04. The molecule has 3 aliphatic rings. The van der Waals surface area contributed by atoms with Crippen molar-refractivity contribution in [3.8, 4) is 5.75 Å². The van der Waals surface area contributed by atoms with Crippen molar-refractivity contribution in [1.82, 2.24) is 14.7 Å². The lowest BCUT2D eigenvalue weighted by Crippen LogP contribution is -2.54. The van der Waals surface area contributed by atoms with Crippen molar-refractivity contribution in [1.29, 1.82) is 0 Å². The van der Waals surface area contributed by atoms with Gasteiger partial charge in [0, 0.05) is 38.0 Å². The van der Waals surface area contributed by atoms with E-state index < -0.39 is 5.60 Å². The molecule has 28 heavy (non-hydrogen) atoms. The summed E-state index contributed by atoms with van der Waals surface area (Å²) in [6.45, 7) is 4.53. The first kappa shape index (κ1) is 19.3. The zero-order valence-corrected chi connectivity index (χ0v) is 17.1. The molecule has 8 heteroatoms. The average Bonchev–Trinajstić information content (AvgIpc) is 2.89. The Balaban J connectivity index is 1.61. The summed E-state index contributed by atoms with van der Waals surface area (Å²) in [4.78, 5) is 42.0. The number of fused-ring (bicyclic) bond motifs is 1. The summed E-state index contributed by atoms with van der Waals surface area (Å²) in [5.41, 5.74) is 1.64. The number of nitrogens with zero attached hydrogens (tertiary/aromatic N) is 3. The molecule has 1 spiro atoms. The van der Waals surface area contributed by atoms with Crippen molar-refractivity contribution in [2.45, 2.75) is 31.9 Å². The van der Waals surface area contributed by atoms with E-state index in [4.69, 9.17) is 4.74 Å². The highest BCUT2D eigenvalue weighted by molar-refractivity contribution is 8.14. The molecule has 0 aromatic heterocycles. The van der Waals surface area contributed by atoms with Crippen LogP contribution in [0.15, 0.2) is 18.2 Å². The number of rotatable bonds is 2. The van der Waals surface area contributed by atoms with E-state index in [1.807, 2.05) is 25.1 Å². The minimum atomic E-state index is -0.434. The zero-order valence-electron chi connectivity index (χ0n) is 16.3. The van der Waals surface area contributed by atoms with Crippen LogP contribution in [0.3, 0.4) is 0 Å². The molecule has 0 saturated carbocycles. The minimum absolute atomic E-state index is 0.119. The summed E-state index contributed by atoms with van der Waals surface area (Å²) < 4.78 is 6.51. The Morgan fingerprint density at radius 1 is 1.25 bits per heavy atom. The topological polar surface area (TPSA) is 70.2 Å². The van der Waals surface area contributed by atoms with Gasteiger partial charge in [0.25, 0.3) is 5.24 Å². The maximum atomic E-state index is 13.1. The van der Waals surface area contributed by atoms with E-state index in [9.17, 15) is 14.4 Å². The number of carbonyl (C=O) groups excluding carboxylic acids is 3. The zero-order chi connectivity index (χ0) is 19.9. The van der Waals surface area contributed by atoms with Gasteiger partial charge in [0.05, 0.1) is 12.3 Å². The second-order valence-electron chi connectivity index (χ2n) is 7.98. The molecule has 0 atom stereocenters. The van der Waals surface area contributed by atoms with E-state index in [1.165, 1.54) is 0 Å². The molecule has 0 aliphatic carbocycles. The second kappa shape index (κ2) is 7.40. The first-order chi connectivity index (χ1) is 13.3. The number of thioether (sulfide) groups is 1. The number of hydrogen-bond acceptors (Lipinski definition) is 6. The van der Waals surface area contributed by atoms with Crippen molar-refractivity contribution in [3.63, 3.8) is 0 Å². The predicted octanol–water partition coefficient (Wildman–Crippen LogP) is 1.88. The smallest absolute Gasteiger partial charge is 0.289 e. The average molecular weight is 404 g/mol. The number of hydrogen-bond donors (Lipinski definition) is 0. The molecular formula is C20H25N3O4S. The highest BCUT2D eigenvalue weighted by Gasteiger charge is 2.42. The molecule has 2 saturated heterocycles. The van der Waals surface area contributed by atoms with Gasteiger partial charge in [-0.05, 0) is 20.0 Å². The molecule has 3 heterocycles. The van der Waals surface area contributed by atoms with Crippen molar-refractivity contribution >= 4 is 28.8 Å². The number of imide groups is 1. The number of likely N-dealkylation sites (tertiary alicyclic amines) is 1. The van der Waals surface area contributed by atoms with E-state index in [1.54, 1.807) is 4.90 Å². The molecule has 1 aromatic rings. The van der Waals surface area contributed by atoms with Crippen LogP contribution in [0, 0.1) is 6.92 Å². The molecule has 0 N–H and O–H groups in total. The molecule has 0 radical (unpaired) electrons.